The first-order chi connectivity index (χ1) is 13.3. The van der Waals surface area contributed by atoms with Gasteiger partial charge in [0.1, 0.15) is 10.7 Å². The molecule has 1 aliphatic heterocycles. The van der Waals surface area contributed by atoms with Crippen molar-refractivity contribution < 1.29 is 4.74 Å². The van der Waals surface area contributed by atoms with Gasteiger partial charge < -0.3 is 19.9 Å². The Labute approximate surface area is 161 Å². The van der Waals surface area contributed by atoms with Gasteiger partial charge in [-0.3, -0.25) is 4.79 Å². The van der Waals surface area contributed by atoms with Crippen LogP contribution in [0.2, 0.25) is 0 Å². The molecule has 2 aliphatic rings. The summed E-state index contributed by atoms with van der Waals surface area (Å²) in [4.78, 5) is 24.7. The van der Waals surface area contributed by atoms with Gasteiger partial charge in [0, 0.05) is 29.3 Å². The fraction of sp³-hybridized carbons (Fsp3) is 0.400. The molecule has 0 radical (unpaired) electrons. The largest absolute Gasteiger partial charge is 0.378 e. The second kappa shape index (κ2) is 6.98. The molecular weight excluding hydrogens is 360 g/mol. The Morgan fingerprint density at radius 3 is 2.81 bits per heavy atom. The van der Waals surface area contributed by atoms with Gasteiger partial charge in [0.25, 0.3) is 5.56 Å². The summed E-state index contributed by atoms with van der Waals surface area (Å²) in [7, 11) is 0. The van der Waals surface area contributed by atoms with Crippen LogP contribution in [0.4, 0.5) is 11.4 Å². The summed E-state index contributed by atoms with van der Waals surface area (Å²) in [6.45, 7) is 3.94. The zero-order valence-electron chi connectivity index (χ0n) is 15.1. The van der Waals surface area contributed by atoms with E-state index in [1.54, 1.807) is 11.3 Å². The van der Waals surface area contributed by atoms with Crippen molar-refractivity contribution in [3.63, 3.8) is 0 Å². The number of rotatable bonds is 4. The van der Waals surface area contributed by atoms with E-state index in [9.17, 15) is 4.79 Å². The standard InChI is InChI=1S/C20H22N4O2S/c25-19-18-15-2-1-3-16(15)27-20(18)23-17(22-19)12-21-13-4-6-14(7-5-13)24-8-10-26-11-9-24/h4-7,21H,1-3,8-12H2,(H,22,23,25). The molecule has 0 saturated carbocycles. The Morgan fingerprint density at radius 2 is 2.00 bits per heavy atom. The van der Waals surface area contributed by atoms with Crippen LogP contribution in [-0.2, 0) is 24.1 Å². The van der Waals surface area contributed by atoms with Crippen LogP contribution in [0.25, 0.3) is 10.2 Å². The van der Waals surface area contributed by atoms with Crippen LogP contribution in [0.15, 0.2) is 29.1 Å². The van der Waals surface area contributed by atoms with Gasteiger partial charge in [0.2, 0.25) is 0 Å². The van der Waals surface area contributed by atoms with Gasteiger partial charge in [-0.1, -0.05) is 0 Å². The number of fused-ring (bicyclic) bond motifs is 3. The van der Waals surface area contributed by atoms with Crippen molar-refractivity contribution >= 4 is 32.9 Å². The van der Waals surface area contributed by atoms with Gasteiger partial charge >= 0.3 is 0 Å². The van der Waals surface area contributed by atoms with Gasteiger partial charge in [-0.2, -0.15) is 0 Å². The lowest BCUT2D eigenvalue weighted by molar-refractivity contribution is 0.122. The molecule has 3 aromatic rings. The van der Waals surface area contributed by atoms with E-state index >= 15 is 0 Å². The molecule has 5 rings (SSSR count). The highest BCUT2D eigenvalue weighted by atomic mass is 32.1. The Kier molecular flexibility index (Phi) is 4.33. The third kappa shape index (κ3) is 3.21. The zero-order valence-corrected chi connectivity index (χ0v) is 15.9. The molecule has 7 heteroatoms. The maximum atomic E-state index is 12.5. The van der Waals surface area contributed by atoms with E-state index in [1.165, 1.54) is 16.1 Å². The normalized spacial score (nSPS) is 16.7. The highest BCUT2D eigenvalue weighted by molar-refractivity contribution is 7.18. The molecule has 27 heavy (non-hydrogen) atoms. The maximum absolute atomic E-state index is 12.5. The molecule has 0 atom stereocenters. The fourth-order valence-electron chi connectivity index (χ4n) is 3.93. The van der Waals surface area contributed by atoms with Crippen molar-refractivity contribution in [1.29, 1.82) is 0 Å². The van der Waals surface area contributed by atoms with Crippen LogP contribution < -0.4 is 15.8 Å². The van der Waals surface area contributed by atoms with E-state index in [-0.39, 0.29) is 5.56 Å². The van der Waals surface area contributed by atoms with E-state index in [2.05, 4.69) is 44.5 Å². The fourth-order valence-corrected chi connectivity index (χ4v) is 5.21. The number of H-pyrrole nitrogens is 1. The van der Waals surface area contributed by atoms with Gasteiger partial charge in [0.15, 0.2) is 0 Å². The zero-order chi connectivity index (χ0) is 18.2. The number of hydrogen-bond acceptors (Lipinski definition) is 6. The molecule has 1 saturated heterocycles. The molecule has 2 aromatic heterocycles. The van der Waals surface area contributed by atoms with Crippen LogP contribution in [0, 0.1) is 0 Å². The van der Waals surface area contributed by atoms with Crippen LogP contribution in [0.3, 0.4) is 0 Å². The number of hydrogen-bond donors (Lipinski definition) is 2. The van der Waals surface area contributed by atoms with Crippen molar-refractivity contribution in [3.05, 3.63) is 50.9 Å². The van der Waals surface area contributed by atoms with Crippen molar-refractivity contribution in [2.45, 2.75) is 25.8 Å². The van der Waals surface area contributed by atoms with Gasteiger partial charge in [0.05, 0.1) is 25.1 Å². The van der Waals surface area contributed by atoms with Gasteiger partial charge in [-0.25, -0.2) is 4.98 Å². The first-order valence-corrected chi connectivity index (χ1v) is 10.3. The number of aromatic amines is 1. The number of aromatic nitrogens is 2. The number of nitrogens with one attached hydrogen (secondary N) is 2. The predicted octanol–water partition coefficient (Wildman–Crippen LogP) is 2.92. The second-order valence-electron chi connectivity index (χ2n) is 7.05. The summed E-state index contributed by atoms with van der Waals surface area (Å²) in [5, 5.41) is 4.17. The Bertz CT molecular complexity index is 1020. The average molecular weight is 382 g/mol. The predicted molar refractivity (Wildman–Crippen MR) is 109 cm³/mol. The number of anilines is 2. The van der Waals surface area contributed by atoms with E-state index in [0.717, 1.165) is 61.5 Å². The van der Waals surface area contributed by atoms with E-state index in [4.69, 9.17) is 4.74 Å². The minimum Gasteiger partial charge on any atom is -0.378 e. The lowest BCUT2D eigenvalue weighted by atomic mass is 10.2. The summed E-state index contributed by atoms with van der Waals surface area (Å²) in [5.74, 6) is 0.685. The number of nitrogens with zero attached hydrogens (tertiary/aromatic N) is 2. The number of morpholine rings is 1. The van der Waals surface area contributed by atoms with Crippen molar-refractivity contribution in [2.75, 3.05) is 36.5 Å². The quantitative estimate of drug-likeness (QED) is 0.726. The molecule has 3 heterocycles. The number of aryl methyl sites for hydroxylation is 2. The molecule has 0 bridgehead atoms. The summed E-state index contributed by atoms with van der Waals surface area (Å²) in [6.07, 6.45) is 3.24. The SMILES string of the molecule is O=c1[nH]c(CNc2ccc(N3CCOCC3)cc2)nc2sc3c(c12)CCC3. The second-order valence-corrected chi connectivity index (χ2v) is 8.13. The molecule has 2 N–H and O–H groups in total. The minimum absolute atomic E-state index is 0.00105. The highest BCUT2D eigenvalue weighted by Crippen LogP contribution is 2.34. The van der Waals surface area contributed by atoms with Crippen LogP contribution >= 0.6 is 11.3 Å². The van der Waals surface area contributed by atoms with Gasteiger partial charge in [-0.15, -0.1) is 11.3 Å². The lowest BCUT2D eigenvalue weighted by Crippen LogP contribution is -2.36. The van der Waals surface area contributed by atoms with Crippen molar-refractivity contribution in [2.24, 2.45) is 0 Å². The Hall–Kier alpha value is -2.38. The molecule has 140 valence electrons. The molecule has 1 aromatic carbocycles. The Morgan fingerprint density at radius 1 is 1.19 bits per heavy atom. The molecule has 1 fully saturated rings. The summed E-state index contributed by atoms with van der Waals surface area (Å²) in [6, 6.07) is 8.38. The van der Waals surface area contributed by atoms with Crippen molar-refractivity contribution in [1.82, 2.24) is 9.97 Å². The smallest absolute Gasteiger partial charge is 0.259 e. The van der Waals surface area contributed by atoms with E-state index < -0.39 is 0 Å². The van der Waals surface area contributed by atoms with Crippen LogP contribution in [0.5, 0.6) is 0 Å². The first kappa shape index (κ1) is 16.8. The molecule has 0 spiro atoms. The molecule has 0 unspecified atom stereocenters. The van der Waals surface area contributed by atoms with Crippen LogP contribution in [-0.4, -0.2) is 36.3 Å². The summed E-state index contributed by atoms with van der Waals surface area (Å²) >= 11 is 1.68. The topological polar surface area (TPSA) is 70.2 Å². The Balaban J connectivity index is 1.30. The molecule has 0 amide bonds. The third-order valence-corrected chi connectivity index (χ3v) is 6.51. The number of benzene rings is 1. The third-order valence-electron chi connectivity index (χ3n) is 5.33. The molecule has 1 aliphatic carbocycles. The summed E-state index contributed by atoms with van der Waals surface area (Å²) in [5.41, 5.74) is 3.45. The van der Waals surface area contributed by atoms with Crippen LogP contribution in [0.1, 0.15) is 22.7 Å². The lowest BCUT2D eigenvalue weighted by Gasteiger charge is -2.28. The molecular formula is C20H22N4O2S. The first-order valence-electron chi connectivity index (χ1n) is 9.48. The minimum atomic E-state index is -0.00105. The van der Waals surface area contributed by atoms with Gasteiger partial charge in [-0.05, 0) is 49.1 Å². The monoisotopic (exact) mass is 382 g/mol. The molecule has 6 nitrogen and oxygen atoms in total. The summed E-state index contributed by atoms with van der Waals surface area (Å²) < 4.78 is 5.40. The maximum Gasteiger partial charge on any atom is 0.259 e. The van der Waals surface area contributed by atoms with E-state index in [1.807, 2.05) is 0 Å². The highest BCUT2D eigenvalue weighted by Gasteiger charge is 2.21. The number of thiophene rings is 1. The average Bonchev–Trinajstić information content (AvgIpc) is 3.28. The van der Waals surface area contributed by atoms with E-state index in [0.29, 0.717) is 12.4 Å². The number of ether oxygens (including phenoxy) is 1. The van der Waals surface area contributed by atoms with Crippen molar-refractivity contribution in [3.8, 4) is 0 Å².